The molecule has 3 rings (SSSR count). The topological polar surface area (TPSA) is 71.3 Å². The van der Waals surface area contributed by atoms with E-state index in [1.807, 2.05) is 23.6 Å². The fourth-order valence-corrected chi connectivity index (χ4v) is 3.48. The molecule has 2 N–H and O–H groups in total. The SMILES string of the molecule is Cc1cccc(NS(=O)(=O)c2cc(CO)n(C3CC3)c2)c1. The van der Waals surface area contributed by atoms with Crippen molar-refractivity contribution in [3.05, 3.63) is 47.8 Å². The Balaban J connectivity index is 1.91. The van der Waals surface area contributed by atoms with Crippen LogP contribution in [0.3, 0.4) is 0 Å². The zero-order chi connectivity index (χ0) is 15.0. The van der Waals surface area contributed by atoms with Crippen molar-refractivity contribution in [2.24, 2.45) is 0 Å². The lowest BCUT2D eigenvalue weighted by Crippen LogP contribution is -2.12. The van der Waals surface area contributed by atoms with E-state index in [0.717, 1.165) is 18.4 Å². The summed E-state index contributed by atoms with van der Waals surface area (Å²) in [6.07, 6.45) is 3.68. The molecule has 0 radical (unpaired) electrons. The predicted octanol–water partition coefficient (Wildman–Crippen LogP) is 2.42. The quantitative estimate of drug-likeness (QED) is 0.891. The molecule has 5 nitrogen and oxygen atoms in total. The molecule has 1 heterocycles. The molecule has 1 saturated carbocycles. The van der Waals surface area contributed by atoms with E-state index in [4.69, 9.17) is 0 Å². The van der Waals surface area contributed by atoms with Gasteiger partial charge in [0.15, 0.2) is 0 Å². The third kappa shape index (κ3) is 2.96. The first-order chi connectivity index (χ1) is 9.99. The van der Waals surface area contributed by atoms with Crippen LogP contribution in [-0.2, 0) is 16.6 Å². The van der Waals surface area contributed by atoms with Crippen molar-refractivity contribution in [3.63, 3.8) is 0 Å². The number of aliphatic hydroxyl groups is 1. The van der Waals surface area contributed by atoms with E-state index in [0.29, 0.717) is 17.4 Å². The van der Waals surface area contributed by atoms with Gasteiger partial charge in [0.05, 0.1) is 6.61 Å². The van der Waals surface area contributed by atoms with Gasteiger partial charge in [-0.05, 0) is 43.5 Å². The van der Waals surface area contributed by atoms with Crippen molar-refractivity contribution in [2.75, 3.05) is 4.72 Å². The average molecular weight is 306 g/mol. The number of aryl methyl sites for hydroxylation is 1. The zero-order valence-corrected chi connectivity index (χ0v) is 12.6. The molecule has 0 unspecified atom stereocenters. The maximum atomic E-state index is 12.4. The van der Waals surface area contributed by atoms with Gasteiger partial charge in [0.1, 0.15) is 4.90 Å². The maximum Gasteiger partial charge on any atom is 0.263 e. The molecule has 21 heavy (non-hydrogen) atoms. The Bertz CT molecular complexity index is 761. The highest BCUT2D eigenvalue weighted by Gasteiger charge is 2.28. The van der Waals surface area contributed by atoms with Crippen LogP contribution in [0.2, 0.25) is 0 Å². The number of benzene rings is 1. The molecule has 1 fully saturated rings. The number of nitrogens with zero attached hydrogens (tertiary/aromatic N) is 1. The van der Waals surface area contributed by atoms with Crippen LogP contribution in [0.5, 0.6) is 0 Å². The molecular weight excluding hydrogens is 288 g/mol. The number of nitrogens with one attached hydrogen (secondary N) is 1. The van der Waals surface area contributed by atoms with Crippen LogP contribution in [0.1, 0.15) is 30.1 Å². The summed E-state index contributed by atoms with van der Waals surface area (Å²) in [5.41, 5.74) is 2.17. The van der Waals surface area contributed by atoms with Crippen molar-refractivity contribution in [2.45, 2.75) is 37.3 Å². The molecule has 0 atom stereocenters. The van der Waals surface area contributed by atoms with Crippen LogP contribution in [0.25, 0.3) is 0 Å². The van der Waals surface area contributed by atoms with Gasteiger partial charge in [-0.1, -0.05) is 12.1 Å². The first kappa shape index (κ1) is 14.2. The molecule has 6 heteroatoms. The minimum atomic E-state index is -3.63. The van der Waals surface area contributed by atoms with Crippen molar-refractivity contribution in [1.82, 2.24) is 4.57 Å². The van der Waals surface area contributed by atoms with Gasteiger partial charge >= 0.3 is 0 Å². The molecule has 0 spiro atoms. The van der Waals surface area contributed by atoms with E-state index < -0.39 is 10.0 Å². The normalized spacial score (nSPS) is 15.1. The average Bonchev–Trinajstić information content (AvgIpc) is 3.16. The van der Waals surface area contributed by atoms with Gasteiger partial charge in [-0.3, -0.25) is 4.72 Å². The number of sulfonamides is 1. The maximum absolute atomic E-state index is 12.4. The summed E-state index contributed by atoms with van der Waals surface area (Å²) in [6.45, 7) is 1.75. The highest BCUT2D eigenvalue weighted by molar-refractivity contribution is 7.92. The first-order valence-corrected chi connectivity index (χ1v) is 8.39. The Labute approximate surface area is 124 Å². The molecule has 0 amide bonds. The number of hydrogen-bond acceptors (Lipinski definition) is 3. The molecule has 1 aromatic heterocycles. The second kappa shape index (κ2) is 5.20. The Morgan fingerprint density at radius 3 is 2.71 bits per heavy atom. The van der Waals surface area contributed by atoms with Crippen molar-refractivity contribution < 1.29 is 13.5 Å². The predicted molar refractivity (Wildman–Crippen MR) is 80.6 cm³/mol. The molecular formula is C15H18N2O3S. The smallest absolute Gasteiger partial charge is 0.263 e. The monoisotopic (exact) mass is 306 g/mol. The molecule has 112 valence electrons. The van der Waals surface area contributed by atoms with Crippen molar-refractivity contribution >= 4 is 15.7 Å². The fourth-order valence-electron chi connectivity index (χ4n) is 2.39. The van der Waals surface area contributed by atoms with Gasteiger partial charge < -0.3 is 9.67 Å². The number of rotatable bonds is 5. The Morgan fingerprint density at radius 2 is 2.10 bits per heavy atom. The fraction of sp³-hybridized carbons (Fsp3) is 0.333. The van der Waals surface area contributed by atoms with Crippen LogP contribution < -0.4 is 4.72 Å². The number of aliphatic hydroxyl groups excluding tert-OH is 1. The highest BCUT2D eigenvalue weighted by Crippen LogP contribution is 2.37. The number of hydrogen-bond donors (Lipinski definition) is 2. The Hall–Kier alpha value is -1.79. The lowest BCUT2D eigenvalue weighted by molar-refractivity contribution is 0.270. The molecule has 1 aliphatic rings. The van der Waals surface area contributed by atoms with E-state index >= 15 is 0 Å². The molecule has 1 aromatic carbocycles. The Kier molecular flexibility index (Phi) is 3.51. The van der Waals surface area contributed by atoms with Crippen LogP contribution in [0.4, 0.5) is 5.69 Å². The van der Waals surface area contributed by atoms with Gasteiger partial charge in [0.2, 0.25) is 0 Å². The largest absolute Gasteiger partial charge is 0.390 e. The van der Waals surface area contributed by atoms with Crippen LogP contribution in [0.15, 0.2) is 41.4 Å². The van der Waals surface area contributed by atoms with Crippen LogP contribution in [-0.4, -0.2) is 18.1 Å². The lowest BCUT2D eigenvalue weighted by Gasteiger charge is -2.07. The molecule has 1 aliphatic carbocycles. The summed E-state index contributed by atoms with van der Waals surface area (Å²) in [6, 6.07) is 9.08. The first-order valence-electron chi connectivity index (χ1n) is 6.91. The third-order valence-corrected chi connectivity index (χ3v) is 4.94. The second-order valence-corrected chi connectivity index (χ2v) is 7.12. The summed E-state index contributed by atoms with van der Waals surface area (Å²) in [4.78, 5) is 0.194. The van der Waals surface area contributed by atoms with Crippen molar-refractivity contribution in [1.29, 1.82) is 0 Å². The standard InChI is InChI=1S/C15H18N2O3S/c1-11-3-2-4-12(7-11)16-21(19,20)15-8-14(10-18)17(9-15)13-5-6-13/h2-4,7-9,13,16,18H,5-6,10H2,1H3. The van der Waals surface area contributed by atoms with Crippen molar-refractivity contribution in [3.8, 4) is 0 Å². The van der Waals surface area contributed by atoms with E-state index in [2.05, 4.69) is 4.72 Å². The van der Waals surface area contributed by atoms with E-state index in [1.165, 1.54) is 6.07 Å². The molecule has 0 bridgehead atoms. The summed E-state index contributed by atoms with van der Waals surface area (Å²) >= 11 is 0. The minimum Gasteiger partial charge on any atom is -0.390 e. The van der Waals surface area contributed by atoms with Gasteiger partial charge in [-0.2, -0.15) is 0 Å². The zero-order valence-electron chi connectivity index (χ0n) is 11.8. The number of anilines is 1. The van der Waals surface area contributed by atoms with Crippen LogP contribution >= 0.6 is 0 Å². The summed E-state index contributed by atoms with van der Waals surface area (Å²) in [5, 5.41) is 9.36. The van der Waals surface area contributed by atoms with E-state index in [9.17, 15) is 13.5 Å². The van der Waals surface area contributed by atoms with Gasteiger partial charge in [0, 0.05) is 23.6 Å². The second-order valence-electron chi connectivity index (χ2n) is 5.44. The molecule has 2 aromatic rings. The summed E-state index contributed by atoms with van der Waals surface area (Å²) < 4.78 is 29.3. The summed E-state index contributed by atoms with van der Waals surface area (Å²) in [7, 11) is -3.63. The minimum absolute atomic E-state index is 0.156. The highest BCUT2D eigenvalue weighted by atomic mass is 32.2. The van der Waals surface area contributed by atoms with E-state index in [1.54, 1.807) is 18.3 Å². The Morgan fingerprint density at radius 1 is 1.33 bits per heavy atom. The lowest BCUT2D eigenvalue weighted by atomic mass is 10.2. The molecule has 0 aliphatic heterocycles. The summed E-state index contributed by atoms with van der Waals surface area (Å²) in [5.74, 6) is 0. The molecule has 0 saturated heterocycles. The van der Waals surface area contributed by atoms with Gasteiger partial charge in [-0.25, -0.2) is 8.42 Å². The third-order valence-electron chi connectivity index (χ3n) is 3.59. The van der Waals surface area contributed by atoms with Gasteiger partial charge in [0.25, 0.3) is 10.0 Å². The van der Waals surface area contributed by atoms with E-state index in [-0.39, 0.29) is 11.5 Å². The number of aromatic nitrogens is 1. The van der Waals surface area contributed by atoms with Crippen LogP contribution in [0, 0.1) is 6.92 Å². The van der Waals surface area contributed by atoms with Gasteiger partial charge in [-0.15, -0.1) is 0 Å².